The number of nitrogens with zero attached hydrogens (tertiary/aromatic N) is 2. The average molecular weight is 244 g/mol. The van der Waals surface area contributed by atoms with E-state index < -0.39 is 5.97 Å². The maximum Gasteiger partial charge on any atom is 0.341 e. The number of para-hydroxylation sites is 1. The second-order valence-electron chi connectivity index (χ2n) is 3.48. The summed E-state index contributed by atoms with van der Waals surface area (Å²) in [6.45, 7) is 0.255. The SMILES string of the molecule is COC(=O)c1cnc(COc2ccccc2)nc1. The largest absolute Gasteiger partial charge is 0.486 e. The summed E-state index contributed by atoms with van der Waals surface area (Å²) in [6, 6.07) is 9.38. The highest BCUT2D eigenvalue weighted by molar-refractivity contribution is 5.88. The van der Waals surface area contributed by atoms with Gasteiger partial charge in [0.25, 0.3) is 0 Å². The Hall–Kier alpha value is -2.43. The van der Waals surface area contributed by atoms with Crippen LogP contribution in [0.2, 0.25) is 0 Å². The van der Waals surface area contributed by atoms with Crippen molar-refractivity contribution in [2.45, 2.75) is 6.61 Å². The summed E-state index contributed by atoms with van der Waals surface area (Å²) in [4.78, 5) is 19.2. The van der Waals surface area contributed by atoms with Crippen molar-refractivity contribution < 1.29 is 14.3 Å². The number of hydrogen-bond donors (Lipinski definition) is 0. The van der Waals surface area contributed by atoms with Crippen molar-refractivity contribution in [1.29, 1.82) is 0 Å². The number of aromatic nitrogens is 2. The number of methoxy groups -OCH3 is 1. The van der Waals surface area contributed by atoms with Crippen LogP contribution in [0.1, 0.15) is 16.2 Å². The first kappa shape index (κ1) is 12.0. The quantitative estimate of drug-likeness (QED) is 0.768. The Bertz CT molecular complexity index is 512. The highest BCUT2D eigenvalue weighted by Crippen LogP contribution is 2.10. The lowest BCUT2D eigenvalue weighted by molar-refractivity contribution is 0.0599. The van der Waals surface area contributed by atoms with Gasteiger partial charge in [-0.1, -0.05) is 18.2 Å². The van der Waals surface area contributed by atoms with Crippen LogP contribution in [-0.2, 0) is 11.3 Å². The van der Waals surface area contributed by atoms with Gasteiger partial charge < -0.3 is 9.47 Å². The molecule has 0 saturated carbocycles. The molecular weight excluding hydrogens is 232 g/mol. The monoisotopic (exact) mass is 244 g/mol. The lowest BCUT2D eigenvalue weighted by atomic mass is 10.3. The zero-order chi connectivity index (χ0) is 12.8. The van der Waals surface area contributed by atoms with Crippen molar-refractivity contribution in [3.63, 3.8) is 0 Å². The number of rotatable bonds is 4. The molecule has 92 valence electrons. The molecule has 5 nitrogen and oxygen atoms in total. The number of esters is 1. The molecule has 2 rings (SSSR count). The fourth-order valence-corrected chi connectivity index (χ4v) is 1.32. The zero-order valence-electron chi connectivity index (χ0n) is 9.87. The highest BCUT2D eigenvalue weighted by Gasteiger charge is 2.06. The van der Waals surface area contributed by atoms with Crippen LogP contribution in [-0.4, -0.2) is 23.0 Å². The molecular formula is C13H12N2O3. The normalized spacial score (nSPS) is 9.83. The molecule has 18 heavy (non-hydrogen) atoms. The third kappa shape index (κ3) is 3.04. The summed E-state index contributed by atoms with van der Waals surface area (Å²) in [5.41, 5.74) is 0.320. The first-order chi connectivity index (χ1) is 8.79. The van der Waals surface area contributed by atoms with E-state index in [2.05, 4.69) is 14.7 Å². The molecule has 0 N–H and O–H groups in total. The molecule has 0 atom stereocenters. The molecule has 0 bridgehead atoms. The number of carbonyl (C=O) groups is 1. The van der Waals surface area contributed by atoms with Gasteiger partial charge in [-0.2, -0.15) is 0 Å². The van der Waals surface area contributed by atoms with Crippen molar-refractivity contribution >= 4 is 5.97 Å². The van der Waals surface area contributed by atoms with Crippen LogP contribution in [0.3, 0.4) is 0 Å². The Morgan fingerprint density at radius 2 is 1.83 bits per heavy atom. The molecule has 1 heterocycles. The summed E-state index contributed by atoms with van der Waals surface area (Å²) in [5.74, 6) is 0.801. The van der Waals surface area contributed by atoms with Crippen molar-refractivity contribution in [2.24, 2.45) is 0 Å². The minimum absolute atomic E-state index is 0.255. The zero-order valence-corrected chi connectivity index (χ0v) is 9.87. The second-order valence-corrected chi connectivity index (χ2v) is 3.48. The molecule has 0 aliphatic heterocycles. The molecule has 0 aliphatic carbocycles. The van der Waals surface area contributed by atoms with Gasteiger partial charge in [0.15, 0.2) is 5.82 Å². The van der Waals surface area contributed by atoms with Gasteiger partial charge >= 0.3 is 5.97 Å². The predicted octanol–water partition coefficient (Wildman–Crippen LogP) is 1.84. The molecule has 0 saturated heterocycles. The number of benzene rings is 1. The van der Waals surface area contributed by atoms with E-state index in [9.17, 15) is 4.79 Å². The first-order valence-electron chi connectivity index (χ1n) is 5.36. The molecule has 0 radical (unpaired) electrons. The van der Waals surface area contributed by atoms with Crippen molar-refractivity contribution in [3.8, 4) is 5.75 Å². The van der Waals surface area contributed by atoms with E-state index in [1.807, 2.05) is 30.3 Å². The van der Waals surface area contributed by atoms with Crippen molar-refractivity contribution in [2.75, 3.05) is 7.11 Å². The molecule has 2 aromatic rings. The maximum atomic E-state index is 11.2. The lowest BCUT2D eigenvalue weighted by Crippen LogP contribution is -2.06. The molecule has 1 aromatic carbocycles. The average Bonchev–Trinajstić information content (AvgIpc) is 2.46. The van der Waals surface area contributed by atoms with Gasteiger partial charge in [-0.15, -0.1) is 0 Å². The van der Waals surface area contributed by atoms with E-state index in [-0.39, 0.29) is 6.61 Å². The molecule has 0 spiro atoms. The molecule has 0 fully saturated rings. The van der Waals surface area contributed by atoms with E-state index in [1.54, 1.807) is 0 Å². The molecule has 5 heteroatoms. The topological polar surface area (TPSA) is 61.3 Å². The van der Waals surface area contributed by atoms with Gasteiger partial charge in [0, 0.05) is 12.4 Å². The number of carbonyl (C=O) groups excluding carboxylic acids is 1. The maximum absolute atomic E-state index is 11.2. The van der Waals surface area contributed by atoms with Crippen LogP contribution in [0.4, 0.5) is 0 Å². The summed E-state index contributed by atoms with van der Waals surface area (Å²) in [5, 5.41) is 0. The van der Waals surface area contributed by atoms with Gasteiger partial charge in [-0.25, -0.2) is 14.8 Å². The summed E-state index contributed by atoms with van der Waals surface area (Å²) >= 11 is 0. The van der Waals surface area contributed by atoms with E-state index >= 15 is 0 Å². The number of hydrogen-bond acceptors (Lipinski definition) is 5. The van der Waals surface area contributed by atoms with Crippen LogP contribution in [0.15, 0.2) is 42.7 Å². The Morgan fingerprint density at radius 1 is 1.17 bits per heavy atom. The third-order valence-electron chi connectivity index (χ3n) is 2.24. The van der Waals surface area contributed by atoms with Crippen LogP contribution in [0, 0.1) is 0 Å². The minimum atomic E-state index is -0.453. The van der Waals surface area contributed by atoms with Crippen LogP contribution in [0.5, 0.6) is 5.75 Å². The fourth-order valence-electron chi connectivity index (χ4n) is 1.32. The Kier molecular flexibility index (Phi) is 3.86. The lowest BCUT2D eigenvalue weighted by Gasteiger charge is -2.04. The third-order valence-corrected chi connectivity index (χ3v) is 2.24. The van der Waals surface area contributed by atoms with Gasteiger partial charge in [-0.05, 0) is 12.1 Å². The van der Waals surface area contributed by atoms with Gasteiger partial charge in [0.2, 0.25) is 0 Å². The molecule has 1 aromatic heterocycles. The van der Waals surface area contributed by atoms with Gasteiger partial charge in [0.1, 0.15) is 12.4 Å². The van der Waals surface area contributed by atoms with Crippen LogP contribution >= 0.6 is 0 Å². The fraction of sp³-hybridized carbons (Fsp3) is 0.154. The first-order valence-corrected chi connectivity index (χ1v) is 5.36. The minimum Gasteiger partial charge on any atom is -0.486 e. The van der Waals surface area contributed by atoms with E-state index in [4.69, 9.17) is 4.74 Å². The van der Waals surface area contributed by atoms with E-state index in [0.29, 0.717) is 11.4 Å². The summed E-state index contributed by atoms with van der Waals surface area (Å²) < 4.78 is 10.0. The van der Waals surface area contributed by atoms with Crippen LogP contribution < -0.4 is 4.74 Å². The predicted molar refractivity (Wildman–Crippen MR) is 64.1 cm³/mol. The molecule has 0 unspecified atom stereocenters. The Labute approximate surface area is 104 Å². The summed E-state index contributed by atoms with van der Waals surface area (Å²) in [6.07, 6.45) is 2.84. The summed E-state index contributed by atoms with van der Waals surface area (Å²) in [7, 11) is 1.31. The van der Waals surface area contributed by atoms with Gasteiger partial charge in [0.05, 0.1) is 12.7 Å². The van der Waals surface area contributed by atoms with Crippen LogP contribution in [0.25, 0.3) is 0 Å². The standard InChI is InChI=1S/C13H12N2O3/c1-17-13(16)10-7-14-12(15-8-10)9-18-11-5-3-2-4-6-11/h2-8H,9H2,1H3. The van der Waals surface area contributed by atoms with Crippen molar-refractivity contribution in [3.05, 3.63) is 54.1 Å². The Morgan fingerprint density at radius 3 is 2.44 bits per heavy atom. The van der Waals surface area contributed by atoms with E-state index in [1.165, 1.54) is 19.5 Å². The van der Waals surface area contributed by atoms with Gasteiger partial charge in [-0.3, -0.25) is 0 Å². The van der Waals surface area contributed by atoms with Crippen molar-refractivity contribution in [1.82, 2.24) is 9.97 Å². The molecule has 0 amide bonds. The Balaban J connectivity index is 1.97. The highest BCUT2D eigenvalue weighted by atomic mass is 16.5. The second kappa shape index (κ2) is 5.77. The molecule has 0 aliphatic rings. The van der Waals surface area contributed by atoms with E-state index in [0.717, 1.165) is 5.75 Å². The smallest absolute Gasteiger partial charge is 0.341 e. The number of ether oxygens (including phenoxy) is 2.